The van der Waals surface area contributed by atoms with Crippen LogP contribution >= 0.6 is 15.9 Å². The summed E-state index contributed by atoms with van der Waals surface area (Å²) in [5.74, 6) is 0.235. The molecule has 2 aromatic rings. The molecular formula is C12H9BrN2O4. The molecule has 1 aromatic carbocycles. The van der Waals surface area contributed by atoms with E-state index in [4.69, 9.17) is 14.6 Å². The summed E-state index contributed by atoms with van der Waals surface area (Å²) in [5, 5.41) is 15.4. The molecule has 2 N–H and O–H groups in total. The molecule has 0 bridgehead atoms. The van der Waals surface area contributed by atoms with Gasteiger partial charge in [-0.2, -0.15) is 5.10 Å². The van der Waals surface area contributed by atoms with Crippen LogP contribution in [-0.2, 0) is 0 Å². The number of rotatable bonds is 2. The number of carboxylic acids is 1. The van der Waals surface area contributed by atoms with E-state index in [0.29, 0.717) is 17.2 Å². The summed E-state index contributed by atoms with van der Waals surface area (Å²) < 4.78 is 11.5. The Labute approximate surface area is 116 Å². The summed E-state index contributed by atoms with van der Waals surface area (Å²) in [6.07, 6.45) is 0. The van der Waals surface area contributed by atoms with Crippen molar-refractivity contribution in [2.45, 2.75) is 6.92 Å². The second kappa shape index (κ2) is 4.27. The van der Waals surface area contributed by atoms with E-state index < -0.39 is 5.97 Å². The van der Waals surface area contributed by atoms with Gasteiger partial charge in [-0.15, -0.1) is 0 Å². The second-order valence-electron chi connectivity index (χ2n) is 4.07. The molecule has 6 nitrogen and oxygen atoms in total. The summed E-state index contributed by atoms with van der Waals surface area (Å²) in [7, 11) is 0. The fourth-order valence-electron chi connectivity index (χ4n) is 1.93. The number of benzene rings is 1. The number of H-pyrrole nitrogens is 1. The van der Waals surface area contributed by atoms with Crippen molar-refractivity contribution in [1.29, 1.82) is 0 Å². The highest BCUT2D eigenvalue weighted by Gasteiger charge is 2.23. The molecular weight excluding hydrogens is 316 g/mol. The van der Waals surface area contributed by atoms with Crippen LogP contribution in [0, 0.1) is 6.92 Å². The Hall–Kier alpha value is -2.02. The predicted molar refractivity (Wildman–Crippen MR) is 69.5 cm³/mol. The zero-order valence-corrected chi connectivity index (χ0v) is 11.4. The van der Waals surface area contributed by atoms with Gasteiger partial charge in [0.1, 0.15) is 5.69 Å². The van der Waals surface area contributed by atoms with Gasteiger partial charge >= 0.3 is 5.97 Å². The SMILES string of the molecule is Cc1c(-c2cc(C(=O)O)[nH]n2)cc2c(c1Br)OCO2. The number of ether oxygens (including phenoxy) is 2. The van der Waals surface area contributed by atoms with E-state index >= 15 is 0 Å². The molecule has 0 saturated heterocycles. The van der Waals surface area contributed by atoms with Crippen LogP contribution in [0.3, 0.4) is 0 Å². The normalized spacial score (nSPS) is 12.7. The Morgan fingerprint density at radius 3 is 2.95 bits per heavy atom. The molecule has 0 amide bonds. The fourth-order valence-corrected chi connectivity index (χ4v) is 2.45. The zero-order valence-electron chi connectivity index (χ0n) is 9.86. The first-order valence-electron chi connectivity index (χ1n) is 5.45. The largest absolute Gasteiger partial charge is 0.477 e. The van der Waals surface area contributed by atoms with Crippen molar-refractivity contribution in [3.8, 4) is 22.8 Å². The Kier molecular flexibility index (Phi) is 2.70. The minimum Gasteiger partial charge on any atom is -0.477 e. The number of fused-ring (bicyclic) bond motifs is 1. The lowest BCUT2D eigenvalue weighted by Gasteiger charge is -2.08. The van der Waals surface area contributed by atoms with Crippen LogP contribution in [0.2, 0.25) is 0 Å². The minimum absolute atomic E-state index is 0.0446. The molecule has 1 aromatic heterocycles. The predicted octanol–water partition coefficient (Wildman–Crippen LogP) is 2.57. The summed E-state index contributed by atoms with van der Waals surface area (Å²) in [6, 6.07) is 3.28. The lowest BCUT2D eigenvalue weighted by molar-refractivity contribution is 0.0690. The molecule has 0 aliphatic carbocycles. The topological polar surface area (TPSA) is 84.4 Å². The van der Waals surface area contributed by atoms with E-state index in [9.17, 15) is 4.79 Å². The van der Waals surface area contributed by atoms with Crippen molar-refractivity contribution in [2.75, 3.05) is 6.79 Å². The lowest BCUT2D eigenvalue weighted by atomic mass is 10.0. The average molecular weight is 325 g/mol. The van der Waals surface area contributed by atoms with E-state index in [1.807, 2.05) is 6.92 Å². The van der Waals surface area contributed by atoms with Gasteiger partial charge in [0, 0.05) is 5.56 Å². The summed E-state index contributed by atoms with van der Waals surface area (Å²) in [5.41, 5.74) is 2.30. The van der Waals surface area contributed by atoms with Gasteiger partial charge in [-0.1, -0.05) is 0 Å². The first-order valence-corrected chi connectivity index (χ1v) is 6.25. The van der Waals surface area contributed by atoms with Crippen LogP contribution in [0.4, 0.5) is 0 Å². The van der Waals surface area contributed by atoms with Crippen molar-refractivity contribution in [3.05, 3.63) is 27.9 Å². The number of aromatic amines is 1. The maximum Gasteiger partial charge on any atom is 0.353 e. The molecule has 1 aliphatic heterocycles. The van der Waals surface area contributed by atoms with Crippen molar-refractivity contribution >= 4 is 21.9 Å². The Bertz CT molecular complexity index is 681. The van der Waals surface area contributed by atoms with Crippen molar-refractivity contribution in [2.24, 2.45) is 0 Å². The molecule has 7 heteroatoms. The van der Waals surface area contributed by atoms with Gasteiger partial charge in [0.25, 0.3) is 0 Å². The molecule has 0 saturated carbocycles. The molecule has 2 heterocycles. The lowest BCUT2D eigenvalue weighted by Crippen LogP contribution is -1.95. The summed E-state index contributed by atoms with van der Waals surface area (Å²) >= 11 is 3.46. The van der Waals surface area contributed by atoms with Gasteiger partial charge in [0.15, 0.2) is 11.5 Å². The highest BCUT2D eigenvalue weighted by atomic mass is 79.9. The maximum absolute atomic E-state index is 10.9. The van der Waals surface area contributed by atoms with Gasteiger partial charge < -0.3 is 14.6 Å². The van der Waals surface area contributed by atoms with E-state index in [0.717, 1.165) is 15.6 Å². The van der Waals surface area contributed by atoms with E-state index in [2.05, 4.69) is 26.1 Å². The van der Waals surface area contributed by atoms with E-state index in [1.165, 1.54) is 6.07 Å². The Morgan fingerprint density at radius 2 is 2.26 bits per heavy atom. The van der Waals surface area contributed by atoms with E-state index in [1.54, 1.807) is 6.07 Å². The van der Waals surface area contributed by atoms with Crippen LogP contribution in [0.25, 0.3) is 11.3 Å². The van der Waals surface area contributed by atoms with E-state index in [-0.39, 0.29) is 12.5 Å². The number of aromatic nitrogens is 2. The zero-order chi connectivity index (χ0) is 13.6. The number of nitrogens with zero attached hydrogens (tertiary/aromatic N) is 1. The van der Waals surface area contributed by atoms with Gasteiger partial charge in [0.05, 0.1) is 10.2 Å². The number of hydrogen-bond donors (Lipinski definition) is 2. The maximum atomic E-state index is 10.9. The highest BCUT2D eigenvalue weighted by molar-refractivity contribution is 9.10. The standard InChI is InChI=1S/C12H9BrN2O4/c1-5-6(7-3-8(12(16)17)15-14-7)2-9-11(10(5)13)19-4-18-9/h2-3H,4H2,1H3,(H,14,15)(H,16,17). The Balaban J connectivity index is 2.14. The van der Waals surface area contributed by atoms with Crippen LogP contribution in [0.1, 0.15) is 16.1 Å². The Morgan fingerprint density at radius 1 is 1.47 bits per heavy atom. The molecule has 0 atom stereocenters. The number of nitrogens with one attached hydrogen (secondary N) is 1. The quantitative estimate of drug-likeness (QED) is 0.886. The number of carbonyl (C=O) groups is 1. The first kappa shape index (κ1) is 12.0. The van der Waals surface area contributed by atoms with Gasteiger partial charge in [-0.3, -0.25) is 5.10 Å². The summed E-state index contributed by atoms with van der Waals surface area (Å²) in [4.78, 5) is 10.9. The van der Waals surface area contributed by atoms with Gasteiger partial charge in [-0.05, 0) is 40.5 Å². The highest BCUT2D eigenvalue weighted by Crippen LogP contribution is 2.45. The third kappa shape index (κ3) is 1.86. The van der Waals surface area contributed by atoms with Crippen LogP contribution < -0.4 is 9.47 Å². The third-order valence-corrected chi connectivity index (χ3v) is 3.89. The van der Waals surface area contributed by atoms with Crippen molar-refractivity contribution in [3.63, 3.8) is 0 Å². The van der Waals surface area contributed by atoms with Gasteiger partial charge in [-0.25, -0.2) is 4.79 Å². The fraction of sp³-hybridized carbons (Fsp3) is 0.167. The minimum atomic E-state index is -1.05. The molecule has 0 spiro atoms. The molecule has 98 valence electrons. The molecule has 0 unspecified atom stereocenters. The smallest absolute Gasteiger partial charge is 0.353 e. The molecule has 1 aliphatic rings. The second-order valence-corrected chi connectivity index (χ2v) is 4.86. The average Bonchev–Trinajstić information content (AvgIpc) is 3.01. The number of hydrogen-bond acceptors (Lipinski definition) is 4. The van der Waals surface area contributed by atoms with Crippen LogP contribution in [-0.4, -0.2) is 28.1 Å². The molecule has 19 heavy (non-hydrogen) atoms. The summed E-state index contributed by atoms with van der Waals surface area (Å²) in [6.45, 7) is 2.08. The monoisotopic (exact) mass is 324 g/mol. The number of carboxylic acid groups (broad SMARTS) is 1. The molecule has 0 fully saturated rings. The van der Waals surface area contributed by atoms with Crippen LogP contribution in [0.5, 0.6) is 11.5 Å². The van der Waals surface area contributed by atoms with Crippen LogP contribution in [0.15, 0.2) is 16.6 Å². The van der Waals surface area contributed by atoms with Gasteiger partial charge in [0.2, 0.25) is 6.79 Å². The first-order chi connectivity index (χ1) is 9.08. The number of aromatic carboxylic acids is 1. The van der Waals surface area contributed by atoms with Crippen molar-refractivity contribution < 1.29 is 19.4 Å². The molecule has 3 rings (SSSR count). The molecule has 0 radical (unpaired) electrons. The van der Waals surface area contributed by atoms with Crippen molar-refractivity contribution in [1.82, 2.24) is 10.2 Å². The third-order valence-electron chi connectivity index (χ3n) is 2.93. The number of halogens is 1.